The highest BCUT2D eigenvalue weighted by Gasteiger charge is 2.28. The number of likely N-dealkylation sites (tertiary alicyclic amines) is 1. The first-order chi connectivity index (χ1) is 12.2. The third-order valence-electron chi connectivity index (χ3n) is 4.25. The van der Waals surface area contributed by atoms with Crippen LogP contribution >= 0.6 is 11.6 Å². The number of halogens is 1. The van der Waals surface area contributed by atoms with Gasteiger partial charge in [0, 0.05) is 45.5 Å². The van der Waals surface area contributed by atoms with E-state index in [-0.39, 0.29) is 11.8 Å². The standard InChI is InChI=1S/C16H21ClN4O4/c1-23-8-6-14-18-16(25-20-14)11-3-2-7-21(10-11)15(22)5-4-12-9-13(17)19-24-12/h9,11H,2-8,10H2,1H3. The molecule has 3 rings (SSSR count). The van der Waals surface area contributed by atoms with Crippen LogP contribution in [-0.2, 0) is 22.4 Å². The molecule has 0 N–H and O–H groups in total. The highest BCUT2D eigenvalue weighted by Crippen LogP contribution is 2.26. The Labute approximate surface area is 150 Å². The first kappa shape index (κ1) is 17.9. The van der Waals surface area contributed by atoms with E-state index < -0.39 is 0 Å². The number of amides is 1. The molecule has 1 aliphatic rings. The van der Waals surface area contributed by atoms with Gasteiger partial charge in [-0.2, -0.15) is 4.98 Å². The summed E-state index contributed by atoms with van der Waals surface area (Å²) >= 11 is 5.71. The van der Waals surface area contributed by atoms with Crippen LogP contribution in [0.15, 0.2) is 15.1 Å². The quantitative estimate of drug-likeness (QED) is 0.739. The number of nitrogens with zero attached hydrogens (tertiary/aromatic N) is 4. The molecule has 1 aliphatic heterocycles. The van der Waals surface area contributed by atoms with Gasteiger partial charge < -0.3 is 18.7 Å². The van der Waals surface area contributed by atoms with Gasteiger partial charge in [-0.15, -0.1) is 0 Å². The third-order valence-corrected chi connectivity index (χ3v) is 4.43. The predicted molar refractivity (Wildman–Crippen MR) is 88.3 cm³/mol. The lowest BCUT2D eigenvalue weighted by Gasteiger charge is -2.31. The Morgan fingerprint density at radius 3 is 3.04 bits per heavy atom. The van der Waals surface area contributed by atoms with Crippen LogP contribution in [0.2, 0.25) is 5.15 Å². The van der Waals surface area contributed by atoms with Gasteiger partial charge >= 0.3 is 0 Å². The molecule has 3 heterocycles. The lowest BCUT2D eigenvalue weighted by atomic mass is 9.97. The first-order valence-corrected chi connectivity index (χ1v) is 8.74. The van der Waals surface area contributed by atoms with Crippen LogP contribution in [0.25, 0.3) is 0 Å². The molecule has 0 aromatic carbocycles. The maximum atomic E-state index is 12.4. The van der Waals surface area contributed by atoms with Crippen molar-refractivity contribution in [3.8, 4) is 0 Å². The van der Waals surface area contributed by atoms with Gasteiger partial charge in [-0.25, -0.2) is 0 Å². The Kier molecular flexibility index (Phi) is 6.04. The number of aryl methyl sites for hydroxylation is 1. The largest absolute Gasteiger partial charge is 0.384 e. The zero-order valence-corrected chi connectivity index (χ0v) is 14.9. The van der Waals surface area contributed by atoms with E-state index in [9.17, 15) is 4.79 Å². The number of carbonyl (C=O) groups excluding carboxylic acids is 1. The van der Waals surface area contributed by atoms with E-state index in [0.29, 0.717) is 55.0 Å². The molecule has 8 nitrogen and oxygen atoms in total. The molecule has 0 saturated carbocycles. The van der Waals surface area contributed by atoms with Crippen LogP contribution in [0.1, 0.15) is 42.7 Å². The smallest absolute Gasteiger partial charge is 0.231 e. The summed E-state index contributed by atoms with van der Waals surface area (Å²) in [5.74, 6) is 2.03. The van der Waals surface area contributed by atoms with E-state index in [0.717, 1.165) is 19.4 Å². The van der Waals surface area contributed by atoms with Crippen LogP contribution in [0.3, 0.4) is 0 Å². The molecule has 25 heavy (non-hydrogen) atoms. The van der Waals surface area contributed by atoms with E-state index in [1.807, 2.05) is 4.90 Å². The number of hydrogen-bond donors (Lipinski definition) is 0. The van der Waals surface area contributed by atoms with Crippen molar-refractivity contribution in [1.82, 2.24) is 20.2 Å². The van der Waals surface area contributed by atoms with Crippen molar-refractivity contribution in [2.45, 2.75) is 38.0 Å². The zero-order chi connectivity index (χ0) is 17.6. The molecule has 0 bridgehead atoms. The number of aromatic nitrogens is 3. The molecule has 1 atom stereocenters. The maximum Gasteiger partial charge on any atom is 0.231 e. The summed E-state index contributed by atoms with van der Waals surface area (Å²) in [5, 5.41) is 7.89. The van der Waals surface area contributed by atoms with Crippen molar-refractivity contribution in [3.05, 3.63) is 28.7 Å². The van der Waals surface area contributed by atoms with Crippen LogP contribution in [0.4, 0.5) is 0 Å². The van der Waals surface area contributed by atoms with Crippen molar-refractivity contribution in [2.24, 2.45) is 0 Å². The van der Waals surface area contributed by atoms with Gasteiger partial charge in [-0.3, -0.25) is 4.79 Å². The Morgan fingerprint density at radius 1 is 1.40 bits per heavy atom. The highest BCUT2D eigenvalue weighted by molar-refractivity contribution is 6.29. The zero-order valence-electron chi connectivity index (χ0n) is 14.1. The average molecular weight is 369 g/mol. The van der Waals surface area contributed by atoms with Gasteiger partial charge in [0.05, 0.1) is 12.5 Å². The lowest BCUT2D eigenvalue weighted by Crippen LogP contribution is -2.39. The van der Waals surface area contributed by atoms with Crippen LogP contribution in [0.5, 0.6) is 0 Å². The topological polar surface area (TPSA) is 94.5 Å². The van der Waals surface area contributed by atoms with Crippen LogP contribution in [-0.4, -0.2) is 52.9 Å². The highest BCUT2D eigenvalue weighted by atomic mass is 35.5. The summed E-state index contributed by atoms with van der Waals surface area (Å²) in [5.41, 5.74) is 0. The van der Waals surface area contributed by atoms with Crippen molar-refractivity contribution in [2.75, 3.05) is 26.8 Å². The number of ether oxygens (including phenoxy) is 1. The molecular formula is C16H21ClN4O4. The predicted octanol–water partition coefficient (Wildman–Crippen LogP) is 2.24. The van der Waals surface area contributed by atoms with Gasteiger partial charge in [0.2, 0.25) is 11.8 Å². The molecule has 2 aromatic rings. The normalized spacial score (nSPS) is 17.8. The fourth-order valence-electron chi connectivity index (χ4n) is 2.93. The fraction of sp³-hybridized carbons (Fsp3) is 0.625. The van der Waals surface area contributed by atoms with Gasteiger partial charge in [0.25, 0.3) is 0 Å². The number of carbonyl (C=O) groups is 1. The summed E-state index contributed by atoms with van der Waals surface area (Å²) in [4.78, 5) is 18.7. The molecule has 1 amide bonds. The second-order valence-corrected chi connectivity index (χ2v) is 6.47. The van der Waals surface area contributed by atoms with Crippen LogP contribution in [0, 0.1) is 0 Å². The van der Waals surface area contributed by atoms with E-state index in [4.69, 9.17) is 25.4 Å². The SMILES string of the molecule is COCCc1noc(C2CCCN(C(=O)CCc3cc(Cl)no3)C2)n1. The number of rotatable bonds is 7. The second kappa shape index (κ2) is 8.44. The first-order valence-electron chi connectivity index (χ1n) is 8.36. The van der Waals surface area contributed by atoms with Gasteiger partial charge in [0.1, 0.15) is 5.76 Å². The Hall–Kier alpha value is -1.93. The monoisotopic (exact) mass is 368 g/mol. The van der Waals surface area contributed by atoms with Gasteiger partial charge in [0.15, 0.2) is 11.0 Å². The van der Waals surface area contributed by atoms with Crippen molar-refractivity contribution < 1.29 is 18.6 Å². The van der Waals surface area contributed by atoms with E-state index in [1.165, 1.54) is 0 Å². The van der Waals surface area contributed by atoms with E-state index >= 15 is 0 Å². The molecule has 1 unspecified atom stereocenters. The summed E-state index contributed by atoms with van der Waals surface area (Å²) in [7, 11) is 1.64. The molecule has 1 saturated heterocycles. The van der Waals surface area contributed by atoms with Crippen molar-refractivity contribution >= 4 is 17.5 Å². The molecule has 9 heteroatoms. The molecular weight excluding hydrogens is 348 g/mol. The molecule has 0 radical (unpaired) electrons. The third kappa shape index (κ3) is 4.79. The molecule has 0 aliphatic carbocycles. The van der Waals surface area contributed by atoms with E-state index in [1.54, 1.807) is 13.2 Å². The minimum absolute atomic E-state index is 0.0799. The minimum Gasteiger partial charge on any atom is -0.384 e. The molecule has 1 fully saturated rings. The second-order valence-electron chi connectivity index (χ2n) is 6.09. The maximum absolute atomic E-state index is 12.4. The average Bonchev–Trinajstić information content (AvgIpc) is 3.27. The molecule has 136 valence electrons. The van der Waals surface area contributed by atoms with Gasteiger partial charge in [-0.1, -0.05) is 21.9 Å². The summed E-state index contributed by atoms with van der Waals surface area (Å²) in [6.45, 7) is 1.90. The molecule has 2 aromatic heterocycles. The van der Waals surface area contributed by atoms with Crippen molar-refractivity contribution in [3.63, 3.8) is 0 Å². The Bertz CT molecular complexity index is 702. The number of hydrogen-bond acceptors (Lipinski definition) is 7. The summed E-state index contributed by atoms with van der Waals surface area (Å²) in [6, 6.07) is 1.63. The summed E-state index contributed by atoms with van der Waals surface area (Å²) in [6.07, 6.45) is 3.32. The van der Waals surface area contributed by atoms with E-state index in [2.05, 4.69) is 15.3 Å². The summed E-state index contributed by atoms with van der Waals surface area (Å²) < 4.78 is 15.4. The molecule has 0 spiro atoms. The Balaban J connectivity index is 1.53. The minimum atomic E-state index is 0.0799. The number of methoxy groups -OCH3 is 1. The van der Waals surface area contributed by atoms with Crippen molar-refractivity contribution in [1.29, 1.82) is 0 Å². The van der Waals surface area contributed by atoms with Gasteiger partial charge in [-0.05, 0) is 12.8 Å². The fourth-order valence-corrected chi connectivity index (χ4v) is 3.08. The lowest BCUT2D eigenvalue weighted by molar-refractivity contribution is -0.132. The van der Waals surface area contributed by atoms with Crippen LogP contribution < -0.4 is 0 Å². The number of piperidine rings is 1. The Morgan fingerprint density at radius 2 is 2.28 bits per heavy atom.